The monoisotopic (exact) mass is 113 g/mol. The van der Waals surface area contributed by atoms with Crippen molar-refractivity contribution in [1.82, 2.24) is 0 Å². The van der Waals surface area contributed by atoms with Crippen molar-refractivity contribution < 1.29 is 4.79 Å². The second-order valence-electron chi connectivity index (χ2n) is 1.89. The largest absolute Gasteiger partial charge is 0.300 e. The maximum Gasteiger partial charge on any atom is 0.132 e. The van der Waals surface area contributed by atoms with Crippen LogP contribution < -0.4 is 0 Å². The third kappa shape index (κ3) is 3.85. The molecule has 1 radical (unpaired) electrons. The molecule has 0 spiro atoms. The van der Waals surface area contributed by atoms with E-state index >= 15 is 0 Å². The summed E-state index contributed by atoms with van der Waals surface area (Å²) < 4.78 is 0. The van der Waals surface area contributed by atoms with Crippen LogP contribution in [0, 0.1) is 6.92 Å². The minimum Gasteiger partial charge on any atom is -0.300 e. The van der Waals surface area contributed by atoms with E-state index in [4.69, 9.17) is 0 Å². The van der Waals surface area contributed by atoms with Crippen LogP contribution in [-0.4, -0.2) is 5.78 Å². The lowest BCUT2D eigenvalue weighted by Crippen LogP contribution is -1.92. The van der Waals surface area contributed by atoms with Crippen LogP contribution in [0.15, 0.2) is 0 Å². The summed E-state index contributed by atoms with van der Waals surface area (Å²) >= 11 is 0. The molecular weight excluding hydrogens is 100 g/mol. The Morgan fingerprint density at radius 1 is 1.62 bits per heavy atom. The summed E-state index contributed by atoms with van der Waals surface area (Å²) in [5.74, 6) is 0.284. The van der Waals surface area contributed by atoms with Gasteiger partial charge in [0.1, 0.15) is 5.78 Å². The molecule has 0 amide bonds. The Hall–Kier alpha value is -0.330. The van der Waals surface area contributed by atoms with Crippen LogP contribution in [0.2, 0.25) is 0 Å². The van der Waals surface area contributed by atoms with Crippen LogP contribution in [0.5, 0.6) is 0 Å². The number of carbonyl (C=O) groups excluding carboxylic acids is 1. The predicted octanol–water partition coefficient (Wildman–Crippen LogP) is 1.97. The number of ketones is 1. The SMILES string of the molecule is [CH2]CC(=O)CCCC. The third-order valence-corrected chi connectivity index (χ3v) is 1.09. The molecule has 0 fully saturated rings. The summed E-state index contributed by atoms with van der Waals surface area (Å²) in [6, 6.07) is 0. The van der Waals surface area contributed by atoms with Gasteiger partial charge in [0.05, 0.1) is 0 Å². The molecule has 0 bridgehead atoms. The highest BCUT2D eigenvalue weighted by Gasteiger charge is 1.93. The minimum absolute atomic E-state index is 0.284. The van der Waals surface area contributed by atoms with E-state index in [1.807, 2.05) is 0 Å². The first-order chi connectivity index (χ1) is 3.81. The van der Waals surface area contributed by atoms with Gasteiger partial charge in [-0.2, -0.15) is 0 Å². The van der Waals surface area contributed by atoms with Gasteiger partial charge in [-0.3, -0.25) is 4.79 Å². The summed E-state index contributed by atoms with van der Waals surface area (Å²) in [6.07, 6.45) is 3.31. The highest BCUT2D eigenvalue weighted by molar-refractivity contribution is 5.78. The molecule has 1 nitrogen and oxygen atoms in total. The second kappa shape index (κ2) is 4.82. The van der Waals surface area contributed by atoms with E-state index in [9.17, 15) is 4.79 Å². The van der Waals surface area contributed by atoms with Crippen molar-refractivity contribution >= 4 is 5.78 Å². The first kappa shape index (κ1) is 7.67. The molecule has 1 heteroatoms. The Labute approximate surface area is 51.1 Å². The molecule has 0 aromatic carbocycles. The summed E-state index contributed by atoms with van der Waals surface area (Å²) in [5, 5.41) is 0. The summed E-state index contributed by atoms with van der Waals surface area (Å²) in [7, 11) is 0. The highest BCUT2D eigenvalue weighted by atomic mass is 16.1. The lowest BCUT2D eigenvalue weighted by atomic mass is 10.1. The standard InChI is InChI=1S/C7H13O/c1-3-5-6-7(8)4-2/h2-6H2,1H3. The average molecular weight is 113 g/mol. The van der Waals surface area contributed by atoms with Gasteiger partial charge in [-0.15, -0.1) is 0 Å². The number of hydrogen-bond acceptors (Lipinski definition) is 1. The van der Waals surface area contributed by atoms with Gasteiger partial charge in [0.2, 0.25) is 0 Å². The number of carbonyl (C=O) groups is 1. The van der Waals surface area contributed by atoms with Crippen LogP contribution in [0.1, 0.15) is 32.6 Å². The lowest BCUT2D eigenvalue weighted by Gasteiger charge is -1.91. The van der Waals surface area contributed by atoms with Crippen molar-refractivity contribution in [3.8, 4) is 0 Å². The fourth-order valence-corrected chi connectivity index (χ4v) is 0.499. The Morgan fingerprint density at radius 2 is 2.25 bits per heavy atom. The van der Waals surface area contributed by atoms with Crippen molar-refractivity contribution in [3.05, 3.63) is 6.92 Å². The van der Waals surface area contributed by atoms with Crippen LogP contribution in [0.3, 0.4) is 0 Å². The summed E-state index contributed by atoms with van der Waals surface area (Å²) in [4.78, 5) is 10.5. The normalized spacial score (nSPS) is 9.25. The Morgan fingerprint density at radius 3 is 2.62 bits per heavy atom. The van der Waals surface area contributed by atoms with Crippen LogP contribution in [0.25, 0.3) is 0 Å². The van der Waals surface area contributed by atoms with Gasteiger partial charge < -0.3 is 0 Å². The summed E-state index contributed by atoms with van der Waals surface area (Å²) in [5.41, 5.74) is 0. The Bertz CT molecular complexity index is 66.8. The van der Waals surface area contributed by atoms with Crippen molar-refractivity contribution in [2.75, 3.05) is 0 Å². The van der Waals surface area contributed by atoms with Crippen LogP contribution in [0.4, 0.5) is 0 Å². The van der Waals surface area contributed by atoms with E-state index in [1.165, 1.54) is 0 Å². The number of rotatable bonds is 4. The molecule has 0 unspecified atom stereocenters. The minimum atomic E-state index is 0.284. The zero-order valence-corrected chi connectivity index (χ0v) is 5.44. The molecular formula is C7H13O. The van der Waals surface area contributed by atoms with E-state index in [0.717, 1.165) is 19.3 Å². The Balaban J connectivity index is 2.99. The topological polar surface area (TPSA) is 17.1 Å². The molecule has 8 heavy (non-hydrogen) atoms. The van der Waals surface area contributed by atoms with Crippen molar-refractivity contribution in [1.29, 1.82) is 0 Å². The van der Waals surface area contributed by atoms with E-state index in [0.29, 0.717) is 6.42 Å². The second-order valence-corrected chi connectivity index (χ2v) is 1.89. The first-order valence-electron chi connectivity index (χ1n) is 3.12. The van der Waals surface area contributed by atoms with Crippen molar-refractivity contribution in [2.24, 2.45) is 0 Å². The zero-order chi connectivity index (χ0) is 6.41. The van der Waals surface area contributed by atoms with Gasteiger partial charge >= 0.3 is 0 Å². The maximum absolute atomic E-state index is 10.5. The first-order valence-corrected chi connectivity index (χ1v) is 3.12. The zero-order valence-electron chi connectivity index (χ0n) is 5.44. The fourth-order valence-electron chi connectivity index (χ4n) is 0.499. The molecule has 0 saturated carbocycles. The smallest absolute Gasteiger partial charge is 0.132 e. The third-order valence-electron chi connectivity index (χ3n) is 1.09. The van der Waals surface area contributed by atoms with Gasteiger partial charge in [0.25, 0.3) is 0 Å². The molecule has 0 aliphatic heterocycles. The van der Waals surface area contributed by atoms with E-state index in [1.54, 1.807) is 0 Å². The van der Waals surface area contributed by atoms with Gasteiger partial charge in [-0.1, -0.05) is 13.3 Å². The number of hydrogen-bond donors (Lipinski definition) is 0. The molecule has 0 atom stereocenters. The van der Waals surface area contributed by atoms with Gasteiger partial charge in [-0.25, -0.2) is 0 Å². The predicted molar refractivity (Wildman–Crippen MR) is 34.5 cm³/mol. The summed E-state index contributed by atoms with van der Waals surface area (Å²) in [6.45, 7) is 5.57. The molecule has 0 aromatic heterocycles. The number of Topliss-reactive ketones (excluding diaryl/α,β-unsaturated/α-hetero) is 1. The average Bonchev–Trinajstić information content (AvgIpc) is 1.83. The lowest BCUT2D eigenvalue weighted by molar-refractivity contribution is -0.118. The number of unbranched alkanes of at least 4 members (excludes halogenated alkanes) is 1. The van der Waals surface area contributed by atoms with Crippen LogP contribution >= 0.6 is 0 Å². The molecule has 0 rings (SSSR count). The van der Waals surface area contributed by atoms with Crippen molar-refractivity contribution in [2.45, 2.75) is 32.6 Å². The molecule has 0 aromatic rings. The van der Waals surface area contributed by atoms with Gasteiger partial charge in [-0.05, 0) is 13.3 Å². The van der Waals surface area contributed by atoms with E-state index < -0.39 is 0 Å². The molecule has 0 aliphatic rings. The van der Waals surface area contributed by atoms with Gasteiger partial charge in [0, 0.05) is 12.8 Å². The van der Waals surface area contributed by atoms with Crippen molar-refractivity contribution in [3.63, 3.8) is 0 Å². The highest BCUT2D eigenvalue weighted by Crippen LogP contribution is 1.96. The maximum atomic E-state index is 10.5. The fraction of sp³-hybridized carbons (Fsp3) is 0.714. The van der Waals surface area contributed by atoms with Crippen LogP contribution in [-0.2, 0) is 4.79 Å². The molecule has 0 heterocycles. The van der Waals surface area contributed by atoms with Gasteiger partial charge in [0.15, 0.2) is 0 Å². The quantitative estimate of drug-likeness (QED) is 0.544. The molecule has 0 saturated heterocycles. The molecule has 0 N–H and O–H groups in total. The van der Waals surface area contributed by atoms with E-state index in [2.05, 4.69) is 13.8 Å². The molecule has 0 aliphatic carbocycles. The Kier molecular flexibility index (Phi) is 4.62. The van der Waals surface area contributed by atoms with E-state index in [-0.39, 0.29) is 5.78 Å². The molecule has 47 valence electrons.